The van der Waals surface area contributed by atoms with Crippen molar-refractivity contribution < 1.29 is 8.42 Å². The minimum atomic E-state index is -3.84. The monoisotopic (exact) mass is 370 g/mol. The van der Waals surface area contributed by atoms with E-state index in [9.17, 15) is 8.42 Å². The molecule has 20 heavy (non-hydrogen) atoms. The Kier molecular flexibility index (Phi) is 4.33. The third-order valence-electron chi connectivity index (χ3n) is 2.47. The van der Waals surface area contributed by atoms with E-state index in [0.717, 1.165) is 0 Å². The predicted octanol–water partition coefficient (Wildman–Crippen LogP) is 3.77. The van der Waals surface area contributed by atoms with Crippen LogP contribution in [0.1, 0.15) is 5.56 Å². The summed E-state index contributed by atoms with van der Waals surface area (Å²) < 4.78 is 27.5. The lowest BCUT2D eigenvalue weighted by Crippen LogP contribution is -2.14. The molecule has 0 saturated heterocycles. The maximum absolute atomic E-state index is 12.3. The van der Waals surface area contributed by atoms with Gasteiger partial charge in [-0.1, -0.05) is 23.7 Å². The fourth-order valence-electron chi connectivity index (χ4n) is 1.57. The first-order valence-corrected chi connectivity index (χ1v) is 8.06. The maximum atomic E-state index is 12.3. The van der Waals surface area contributed by atoms with Crippen molar-refractivity contribution in [2.45, 2.75) is 4.90 Å². The zero-order valence-electron chi connectivity index (χ0n) is 9.97. The first-order valence-electron chi connectivity index (χ1n) is 5.41. The molecule has 2 aromatic carbocycles. The number of nitrogens with one attached hydrogen (secondary N) is 1. The number of hydrogen-bond donors (Lipinski definition) is 1. The van der Waals surface area contributed by atoms with Gasteiger partial charge in [-0.2, -0.15) is 5.26 Å². The molecule has 102 valence electrons. The molecule has 0 unspecified atom stereocenters. The van der Waals surface area contributed by atoms with Crippen molar-refractivity contribution in [2.24, 2.45) is 0 Å². The molecule has 0 amide bonds. The number of rotatable bonds is 3. The molecule has 0 aliphatic rings. The summed E-state index contributed by atoms with van der Waals surface area (Å²) in [4.78, 5) is -0.0654. The fraction of sp³-hybridized carbons (Fsp3) is 0. The van der Waals surface area contributed by atoms with Crippen LogP contribution in [0, 0.1) is 11.3 Å². The van der Waals surface area contributed by atoms with Gasteiger partial charge in [-0.3, -0.25) is 4.72 Å². The quantitative estimate of drug-likeness (QED) is 0.892. The van der Waals surface area contributed by atoms with Crippen LogP contribution in [-0.4, -0.2) is 8.42 Å². The van der Waals surface area contributed by atoms with Crippen molar-refractivity contribution in [3.05, 3.63) is 57.5 Å². The Balaban J connectivity index is 2.44. The van der Waals surface area contributed by atoms with Crippen molar-refractivity contribution in [1.29, 1.82) is 5.26 Å². The molecule has 7 heteroatoms. The average Bonchev–Trinajstić information content (AvgIpc) is 2.42. The Morgan fingerprint density at radius 2 is 1.90 bits per heavy atom. The van der Waals surface area contributed by atoms with Crippen LogP contribution in [0.2, 0.25) is 5.02 Å². The number of sulfonamides is 1. The third-order valence-corrected chi connectivity index (χ3v) is 4.79. The highest BCUT2D eigenvalue weighted by molar-refractivity contribution is 9.10. The van der Waals surface area contributed by atoms with Crippen LogP contribution in [0.4, 0.5) is 5.69 Å². The number of nitrogens with zero attached hydrogens (tertiary/aromatic N) is 1. The molecule has 0 atom stereocenters. The zero-order chi connectivity index (χ0) is 14.8. The lowest BCUT2D eigenvalue weighted by atomic mass is 10.2. The Labute approximate surface area is 130 Å². The highest BCUT2D eigenvalue weighted by Gasteiger charge is 2.19. The topological polar surface area (TPSA) is 70.0 Å². The second-order valence-corrected chi connectivity index (χ2v) is 6.78. The normalized spacial score (nSPS) is 10.8. The molecule has 4 nitrogen and oxygen atoms in total. The van der Waals surface area contributed by atoms with Crippen LogP contribution >= 0.6 is 27.5 Å². The summed E-state index contributed by atoms with van der Waals surface area (Å²) in [6.45, 7) is 0. The van der Waals surface area contributed by atoms with Crippen molar-refractivity contribution in [1.82, 2.24) is 0 Å². The van der Waals surface area contributed by atoms with Gasteiger partial charge in [-0.25, -0.2) is 8.42 Å². The van der Waals surface area contributed by atoms with Gasteiger partial charge in [0.05, 0.1) is 11.3 Å². The van der Waals surface area contributed by atoms with Gasteiger partial charge in [-0.05, 0) is 46.3 Å². The van der Waals surface area contributed by atoms with E-state index in [1.54, 1.807) is 30.3 Å². The van der Waals surface area contributed by atoms with Crippen LogP contribution in [0.15, 0.2) is 51.8 Å². The van der Waals surface area contributed by atoms with Gasteiger partial charge in [0.1, 0.15) is 11.0 Å². The van der Waals surface area contributed by atoms with Gasteiger partial charge >= 0.3 is 0 Å². The summed E-state index contributed by atoms with van der Waals surface area (Å²) in [6, 6.07) is 12.5. The van der Waals surface area contributed by atoms with Gasteiger partial charge in [-0.15, -0.1) is 0 Å². The Morgan fingerprint density at radius 1 is 1.20 bits per heavy atom. The molecule has 0 fully saturated rings. The minimum absolute atomic E-state index is 0.0654. The van der Waals surface area contributed by atoms with E-state index in [2.05, 4.69) is 20.7 Å². The molecule has 0 aromatic heterocycles. The highest BCUT2D eigenvalue weighted by Crippen LogP contribution is 2.28. The van der Waals surface area contributed by atoms with Crippen molar-refractivity contribution >= 4 is 43.2 Å². The van der Waals surface area contributed by atoms with Gasteiger partial charge in [0, 0.05) is 9.50 Å². The molecule has 0 radical (unpaired) electrons. The molecular formula is C13H8BrClN2O2S. The molecule has 0 spiro atoms. The summed E-state index contributed by atoms with van der Waals surface area (Å²) in [5.74, 6) is 0. The van der Waals surface area contributed by atoms with Crippen LogP contribution < -0.4 is 4.72 Å². The summed E-state index contributed by atoms with van der Waals surface area (Å²) in [7, 11) is -3.84. The Morgan fingerprint density at radius 3 is 2.55 bits per heavy atom. The fourth-order valence-corrected chi connectivity index (χ4v) is 3.72. The number of benzene rings is 2. The second-order valence-electron chi connectivity index (χ2n) is 3.84. The standard InChI is InChI=1S/C13H8BrClN2O2S/c14-11-7-10(15)5-6-12(11)17-20(18,19)13-4-2-1-3-9(13)8-16/h1-7,17H. The van der Waals surface area contributed by atoms with E-state index in [-0.39, 0.29) is 10.5 Å². The van der Waals surface area contributed by atoms with Gasteiger partial charge < -0.3 is 0 Å². The van der Waals surface area contributed by atoms with Gasteiger partial charge in [0.15, 0.2) is 0 Å². The van der Waals surface area contributed by atoms with Crippen molar-refractivity contribution in [2.75, 3.05) is 4.72 Å². The summed E-state index contributed by atoms with van der Waals surface area (Å²) in [5, 5.41) is 9.45. The minimum Gasteiger partial charge on any atom is -0.278 e. The van der Waals surface area contributed by atoms with Crippen molar-refractivity contribution in [3.63, 3.8) is 0 Å². The largest absolute Gasteiger partial charge is 0.278 e. The third kappa shape index (κ3) is 3.12. The smallest absolute Gasteiger partial charge is 0.263 e. The van der Waals surface area contributed by atoms with E-state index >= 15 is 0 Å². The molecule has 0 heterocycles. The van der Waals surface area contributed by atoms with E-state index < -0.39 is 10.0 Å². The summed E-state index contributed by atoms with van der Waals surface area (Å²) in [5.41, 5.74) is 0.437. The second kappa shape index (κ2) is 5.83. The van der Waals surface area contributed by atoms with E-state index in [0.29, 0.717) is 15.2 Å². The Bertz CT molecular complexity index is 800. The predicted molar refractivity (Wildman–Crippen MR) is 81.1 cm³/mol. The first-order chi connectivity index (χ1) is 9.44. The average molecular weight is 372 g/mol. The maximum Gasteiger partial charge on any atom is 0.263 e. The Hall–Kier alpha value is -1.55. The van der Waals surface area contributed by atoms with Crippen LogP contribution in [0.3, 0.4) is 0 Å². The van der Waals surface area contributed by atoms with Crippen LogP contribution in [0.5, 0.6) is 0 Å². The molecule has 2 rings (SSSR count). The van der Waals surface area contributed by atoms with Gasteiger partial charge in [0.25, 0.3) is 10.0 Å². The highest BCUT2D eigenvalue weighted by atomic mass is 79.9. The first kappa shape index (κ1) is 14.9. The molecule has 0 aliphatic carbocycles. The van der Waals surface area contributed by atoms with Crippen LogP contribution in [0.25, 0.3) is 0 Å². The molecule has 0 saturated carbocycles. The molecular weight excluding hydrogens is 364 g/mol. The SMILES string of the molecule is N#Cc1ccccc1S(=O)(=O)Nc1ccc(Cl)cc1Br. The lowest BCUT2D eigenvalue weighted by Gasteiger charge is -2.10. The van der Waals surface area contributed by atoms with E-state index in [1.165, 1.54) is 12.1 Å². The summed E-state index contributed by atoms with van der Waals surface area (Å²) >= 11 is 9.03. The van der Waals surface area contributed by atoms with E-state index in [1.807, 2.05) is 6.07 Å². The molecule has 0 bridgehead atoms. The van der Waals surface area contributed by atoms with Gasteiger partial charge in [0.2, 0.25) is 0 Å². The number of hydrogen-bond acceptors (Lipinski definition) is 3. The summed E-state index contributed by atoms with van der Waals surface area (Å²) in [6.07, 6.45) is 0. The zero-order valence-corrected chi connectivity index (χ0v) is 13.1. The number of anilines is 1. The molecule has 0 aliphatic heterocycles. The molecule has 2 aromatic rings. The van der Waals surface area contributed by atoms with E-state index in [4.69, 9.17) is 16.9 Å². The van der Waals surface area contributed by atoms with Crippen molar-refractivity contribution in [3.8, 4) is 6.07 Å². The molecule has 1 N–H and O–H groups in total. The van der Waals surface area contributed by atoms with Crippen LogP contribution in [-0.2, 0) is 10.0 Å². The lowest BCUT2D eigenvalue weighted by molar-refractivity contribution is 0.601. The number of halogens is 2. The number of nitriles is 1.